The van der Waals surface area contributed by atoms with E-state index in [0.29, 0.717) is 11.3 Å². The summed E-state index contributed by atoms with van der Waals surface area (Å²) in [7, 11) is 3.86. The van der Waals surface area contributed by atoms with Crippen LogP contribution in [0.5, 0.6) is 0 Å². The van der Waals surface area contributed by atoms with Gasteiger partial charge in [0.15, 0.2) is 0 Å². The van der Waals surface area contributed by atoms with E-state index >= 15 is 0 Å². The summed E-state index contributed by atoms with van der Waals surface area (Å²) in [5.74, 6) is -0.669. The Kier molecular flexibility index (Phi) is 4.39. The second-order valence-electron chi connectivity index (χ2n) is 4.53. The van der Waals surface area contributed by atoms with E-state index in [0.717, 1.165) is 5.69 Å². The van der Waals surface area contributed by atoms with Gasteiger partial charge < -0.3 is 10.2 Å². The number of carbonyl (C=O) groups is 1. The van der Waals surface area contributed by atoms with E-state index in [1.807, 2.05) is 43.3 Å². The van der Waals surface area contributed by atoms with Crippen LogP contribution in [-0.2, 0) is 0 Å². The van der Waals surface area contributed by atoms with E-state index in [-0.39, 0.29) is 10.4 Å². The molecule has 2 rings (SSSR count). The first-order valence-corrected chi connectivity index (χ1v) is 6.80. The molecular weight excluding hydrogens is 323 g/mol. The van der Waals surface area contributed by atoms with E-state index < -0.39 is 5.82 Å². The van der Waals surface area contributed by atoms with Crippen molar-refractivity contribution >= 4 is 33.2 Å². The standard InChI is InChI=1S/C15H14BrFN2O/c1-19(2)12-5-3-4-11(9-12)18-15(20)10-6-7-14(17)13(16)8-10/h3-9H,1-2H3,(H,18,20). The first kappa shape index (κ1) is 14.5. The molecule has 0 fully saturated rings. The molecule has 2 aromatic rings. The summed E-state index contributed by atoms with van der Waals surface area (Å²) < 4.78 is 13.4. The molecule has 0 unspecified atom stereocenters. The molecule has 1 amide bonds. The molecule has 0 bridgehead atoms. The van der Waals surface area contributed by atoms with Crippen molar-refractivity contribution < 1.29 is 9.18 Å². The predicted octanol–water partition coefficient (Wildman–Crippen LogP) is 3.91. The molecule has 0 aliphatic carbocycles. The summed E-state index contributed by atoms with van der Waals surface area (Å²) in [5.41, 5.74) is 2.08. The molecule has 2 aromatic carbocycles. The number of anilines is 2. The van der Waals surface area contributed by atoms with Crippen LogP contribution in [-0.4, -0.2) is 20.0 Å². The Balaban J connectivity index is 2.19. The highest BCUT2D eigenvalue weighted by Crippen LogP contribution is 2.20. The van der Waals surface area contributed by atoms with Crippen molar-refractivity contribution in [2.45, 2.75) is 0 Å². The molecule has 0 saturated carbocycles. The minimum absolute atomic E-state index is 0.271. The Bertz CT molecular complexity index is 644. The third-order valence-electron chi connectivity index (χ3n) is 2.80. The van der Waals surface area contributed by atoms with Gasteiger partial charge in [0.05, 0.1) is 4.47 Å². The normalized spacial score (nSPS) is 10.2. The zero-order valence-corrected chi connectivity index (χ0v) is 12.7. The van der Waals surface area contributed by atoms with Gasteiger partial charge in [-0.1, -0.05) is 6.07 Å². The zero-order valence-electron chi connectivity index (χ0n) is 11.2. The molecule has 0 saturated heterocycles. The van der Waals surface area contributed by atoms with Gasteiger partial charge in [-0.2, -0.15) is 0 Å². The van der Waals surface area contributed by atoms with E-state index in [4.69, 9.17) is 0 Å². The van der Waals surface area contributed by atoms with Crippen molar-refractivity contribution in [1.82, 2.24) is 0 Å². The van der Waals surface area contributed by atoms with Gasteiger partial charge in [0.25, 0.3) is 5.91 Å². The summed E-state index contributed by atoms with van der Waals surface area (Å²) in [6.07, 6.45) is 0. The van der Waals surface area contributed by atoms with Crippen LogP contribution in [0, 0.1) is 5.82 Å². The van der Waals surface area contributed by atoms with Gasteiger partial charge in [0, 0.05) is 31.0 Å². The van der Waals surface area contributed by atoms with Crippen molar-refractivity contribution in [3.05, 3.63) is 58.3 Å². The first-order valence-electron chi connectivity index (χ1n) is 6.01. The average Bonchev–Trinajstić information content (AvgIpc) is 2.42. The maximum Gasteiger partial charge on any atom is 0.255 e. The molecule has 3 nitrogen and oxygen atoms in total. The molecule has 0 aliphatic rings. The Labute approximate surface area is 125 Å². The smallest absolute Gasteiger partial charge is 0.255 e. The van der Waals surface area contributed by atoms with Crippen LogP contribution in [0.25, 0.3) is 0 Å². The molecule has 0 radical (unpaired) electrons. The molecule has 0 heterocycles. The molecular formula is C15H14BrFN2O. The first-order chi connectivity index (χ1) is 9.47. The van der Waals surface area contributed by atoms with Crippen LogP contribution < -0.4 is 10.2 Å². The van der Waals surface area contributed by atoms with Gasteiger partial charge >= 0.3 is 0 Å². The molecule has 0 spiro atoms. The van der Waals surface area contributed by atoms with Crippen molar-refractivity contribution in [3.8, 4) is 0 Å². The number of nitrogens with one attached hydrogen (secondary N) is 1. The Morgan fingerprint density at radius 1 is 1.20 bits per heavy atom. The highest BCUT2D eigenvalue weighted by Gasteiger charge is 2.09. The highest BCUT2D eigenvalue weighted by atomic mass is 79.9. The van der Waals surface area contributed by atoms with Gasteiger partial charge in [-0.05, 0) is 52.3 Å². The second-order valence-corrected chi connectivity index (χ2v) is 5.38. The average molecular weight is 337 g/mol. The Hall–Kier alpha value is -1.88. The van der Waals surface area contributed by atoms with E-state index in [2.05, 4.69) is 21.2 Å². The van der Waals surface area contributed by atoms with Gasteiger partial charge in [-0.25, -0.2) is 4.39 Å². The molecule has 5 heteroatoms. The van der Waals surface area contributed by atoms with Crippen molar-refractivity contribution in [2.75, 3.05) is 24.3 Å². The van der Waals surface area contributed by atoms with Crippen molar-refractivity contribution in [1.29, 1.82) is 0 Å². The van der Waals surface area contributed by atoms with E-state index in [1.54, 1.807) is 0 Å². The van der Waals surface area contributed by atoms with Gasteiger partial charge in [-0.3, -0.25) is 4.79 Å². The molecule has 104 valence electrons. The zero-order chi connectivity index (χ0) is 14.7. The van der Waals surface area contributed by atoms with Crippen LogP contribution in [0.4, 0.5) is 15.8 Å². The highest BCUT2D eigenvalue weighted by molar-refractivity contribution is 9.10. The lowest BCUT2D eigenvalue weighted by atomic mass is 10.2. The topological polar surface area (TPSA) is 32.3 Å². The summed E-state index contributed by atoms with van der Waals surface area (Å²) in [4.78, 5) is 14.0. The Morgan fingerprint density at radius 3 is 2.60 bits per heavy atom. The van der Waals surface area contributed by atoms with Crippen LogP contribution in [0.3, 0.4) is 0 Å². The molecule has 0 aromatic heterocycles. The van der Waals surface area contributed by atoms with Gasteiger partial charge in [0.1, 0.15) is 5.82 Å². The quantitative estimate of drug-likeness (QED) is 0.921. The fraction of sp³-hybridized carbons (Fsp3) is 0.133. The fourth-order valence-electron chi connectivity index (χ4n) is 1.70. The number of amides is 1. The lowest BCUT2D eigenvalue weighted by Crippen LogP contribution is -2.13. The molecule has 0 atom stereocenters. The number of benzene rings is 2. The number of carbonyl (C=O) groups excluding carboxylic acids is 1. The fourth-order valence-corrected chi connectivity index (χ4v) is 2.08. The minimum atomic E-state index is -0.392. The molecule has 20 heavy (non-hydrogen) atoms. The molecule has 1 N–H and O–H groups in total. The summed E-state index contributed by atoms with van der Waals surface area (Å²) in [6, 6.07) is 11.7. The maximum absolute atomic E-state index is 13.1. The van der Waals surface area contributed by atoms with Crippen molar-refractivity contribution in [3.63, 3.8) is 0 Å². The van der Waals surface area contributed by atoms with Crippen LogP contribution in [0.2, 0.25) is 0 Å². The number of hydrogen-bond acceptors (Lipinski definition) is 2. The van der Waals surface area contributed by atoms with Crippen LogP contribution in [0.15, 0.2) is 46.9 Å². The lowest BCUT2D eigenvalue weighted by Gasteiger charge is -2.14. The number of hydrogen-bond donors (Lipinski definition) is 1. The molecule has 0 aliphatic heterocycles. The summed E-state index contributed by atoms with van der Waals surface area (Å²) >= 11 is 3.07. The lowest BCUT2D eigenvalue weighted by molar-refractivity contribution is 0.102. The third kappa shape index (κ3) is 3.36. The summed E-state index contributed by atoms with van der Waals surface area (Å²) in [6.45, 7) is 0. The van der Waals surface area contributed by atoms with Crippen LogP contribution >= 0.6 is 15.9 Å². The maximum atomic E-state index is 13.1. The Morgan fingerprint density at radius 2 is 1.95 bits per heavy atom. The number of halogens is 2. The number of nitrogens with zero attached hydrogens (tertiary/aromatic N) is 1. The van der Waals surface area contributed by atoms with Gasteiger partial charge in [0.2, 0.25) is 0 Å². The third-order valence-corrected chi connectivity index (χ3v) is 3.41. The van der Waals surface area contributed by atoms with E-state index in [1.165, 1.54) is 18.2 Å². The monoisotopic (exact) mass is 336 g/mol. The number of rotatable bonds is 3. The SMILES string of the molecule is CN(C)c1cccc(NC(=O)c2ccc(F)c(Br)c2)c1. The van der Waals surface area contributed by atoms with E-state index in [9.17, 15) is 9.18 Å². The minimum Gasteiger partial charge on any atom is -0.378 e. The second kappa shape index (κ2) is 6.05. The van der Waals surface area contributed by atoms with Crippen LogP contribution in [0.1, 0.15) is 10.4 Å². The van der Waals surface area contributed by atoms with Gasteiger partial charge in [-0.15, -0.1) is 0 Å². The predicted molar refractivity (Wildman–Crippen MR) is 82.8 cm³/mol. The summed E-state index contributed by atoms with van der Waals surface area (Å²) in [5, 5.41) is 2.79. The largest absolute Gasteiger partial charge is 0.378 e. The van der Waals surface area contributed by atoms with Crippen molar-refractivity contribution in [2.24, 2.45) is 0 Å².